The third kappa shape index (κ3) is 3.29. The number of nitrogens with zero attached hydrogens (tertiary/aromatic N) is 3. The molecule has 0 aliphatic carbocycles. The smallest absolute Gasteiger partial charge is 0.358 e. The van der Waals surface area contributed by atoms with Crippen molar-refractivity contribution in [1.82, 2.24) is 15.0 Å². The van der Waals surface area contributed by atoms with E-state index in [1.54, 1.807) is 4.68 Å². The average molecular weight is 287 g/mol. The van der Waals surface area contributed by atoms with Gasteiger partial charge in [0.2, 0.25) is 0 Å². The normalized spacial score (nSPS) is 11.6. The Bertz CT molecular complexity index is 637. The molecular formula is C16H21N3O2. The van der Waals surface area contributed by atoms with E-state index in [9.17, 15) is 4.79 Å². The second kappa shape index (κ2) is 5.68. The summed E-state index contributed by atoms with van der Waals surface area (Å²) in [5.41, 5.74) is 3.18. The van der Waals surface area contributed by atoms with Gasteiger partial charge in [0.1, 0.15) is 0 Å². The fourth-order valence-electron chi connectivity index (χ4n) is 2.26. The summed E-state index contributed by atoms with van der Waals surface area (Å²) in [5.74, 6) is -1.03. The highest BCUT2D eigenvalue weighted by atomic mass is 16.4. The molecule has 0 fully saturated rings. The Hall–Kier alpha value is -2.17. The quantitative estimate of drug-likeness (QED) is 0.938. The number of carboxylic acid groups (broad SMARTS) is 1. The standard InChI is InChI=1S/C16H21N3O2/c1-5-13-14(15(20)21)17-18-19(13)10-11-6-8-12(9-7-11)16(2,3)4/h6-9H,5,10H2,1-4H3,(H,20,21). The van der Waals surface area contributed by atoms with Crippen molar-refractivity contribution in [3.8, 4) is 0 Å². The third-order valence-corrected chi connectivity index (χ3v) is 3.53. The van der Waals surface area contributed by atoms with Crippen LogP contribution in [-0.2, 0) is 18.4 Å². The molecule has 0 radical (unpaired) electrons. The van der Waals surface area contributed by atoms with E-state index < -0.39 is 5.97 Å². The van der Waals surface area contributed by atoms with Crippen LogP contribution in [0.2, 0.25) is 0 Å². The number of hydrogen-bond acceptors (Lipinski definition) is 3. The van der Waals surface area contributed by atoms with Crippen LogP contribution >= 0.6 is 0 Å². The maximum absolute atomic E-state index is 11.1. The molecule has 5 nitrogen and oxygen atoms in total. The van der Waals surface area contributed by atoms with Gasteiger partial charge in [-0.1, -0.05) is 57.2 Å². The lowest BCUT2D eigenvalue weighted by molar-refractivity contribution is 0.0689. The van der Waals surface area contributed by atoms with Crippen molar-refractivity contribution in [2.45, 2.75) is 46.1 Å². The van der Waals surface area contributed by atoms with Crippen LogP contribution < -0.4 is 0 Å². The topological polar surface area (TPSA) is 68.0 Å². The van der Waals surface area contributed by atoms with E-state index in [0.29, 0.717) is 18.7 Å². The van der Waals surface area contributed by atoms with Crippen molar-refractivity contribution in [3.63, 3.8) is 0 Å². The molecule has 0 amide bonds. The van der Waals surface area contributed by atoms with Crippen molar-refractivity contribution in [1.29, 1.82) is 0 Å². The summed E-state index contributed by atoms with van der Waals surface area (Å²) in [7, 11) is 0. The Balaban J connectivity index is 2.25. The third-order valence-electron chi connectivity index (χ3n) is 3.53. The van der Waals surface area contributed by atoms with Crippen LogP contribution in [0.5, 0.6) is 0 Å². The van der Waals surface area contributed by atoms with Crippen LogP contribution in [0.4, 0.5) is 0 Å². The predicted molar refractivity (Wildman–Crippen MR) is 80.6 cm³/mol. The lowest BCUT2D eigenvalue weighted by Gasteiger charge is -2.19. The second-order valence-electron chi connectivity index (χ2n) is 6.15. The summed E-state index contributed by atoms with van der Waals surface area (Å²) >= 11 is 0. The second-order valence-corrected chi connectivity index (χ2v) is 6.15. The number of benzene rings is 1. The van der Waals surface area contributed by atoms with Crippen LogP contribution in [0.3, 0.4) is 0 Å². The fourth-order valence-corrected chi connectivity index (χ4v) is 2.26. The number of rotatable bonds is 4. The molecule has 21 heavy (non-hydrogen) atoms. The average Bonchev–Trinajstić information content (AvgIpc) is 2.81. The molecule has 0 aliphatic heterocycles. The SMILES string of the molecule is CCc1c(C(=O)O)nnn1Cc1ccc(C(C)(C)C)cc1. The summed E-state index contributed by atoms with van der Waals surface area (Å²) in [4.78, 5) is 11.1. The molecule has 1 heterocycles. The summed E-state index contributed by atoms with van der Waals surface area (Å²) in [6.45, 7) is 8.97. The minimum Gasteiger partial charge on any atom is -0.476 e. The minimum absolute atomic E-state index is 0.0452. The molecule has 2 aromatic rings. The Morgan fingerprint density at radius 2 is 1.86 bits per heavy atom. The molecule has 0 saturated carbocycles. The Kier molecular flexibility index (Phi) is 4.11. The first-order valence-electron chi connectivity index (χ1n) is 7.08. The van der Waals surface area contributed by atoms with E-state index in [-0.39, 0.29) is 11.1 Å². The highest BCUT2D eigenvalue weighted by Crippen LogP contribution is 2.22. The Morgan fingerprint density at radius 1 is 1.24 bits per heavy atom. The summed E-state index contributed by atoms with van der Waals surface area (Å²) in [5, 5.41) is 16.8. The number of aromatic carboxylic acids is 1. The van der Waals surface area contributed by atoms with Crippen LogP contribution in [-0.4, -0.2) is 26.1 Å². The van der Waals surface area contributed by atoms with Gasteiger partial charge in [0, 0.05) is 0 Å². The van der Waals surface area contributed by atoms with Crippen molar-refractivity contribution >= 4 is 5.97 Å². The maximum atomic E-state index is 11.1. The van der Waals surface area contributed by atoms with E-state index in [1.807, 2.05) is 6.92 Å². The Labute approximate surface area is 124 Å². The van der Waals surface area contributed by atoms with Gasteiger partial charge in [0.15, 0.2) is 5.69 Å². The number of hydrogen-bond donors (Lipinski definition) is 1. The van der Waals surface area contributed by atoms with E-state index in [1.165, 1.54) is 5.56 Å². The molecule has 0 bridgehead atoms. The lowest BCUT2D eigenvalue weighted by atomic mass is 9.87. The van der Waals surface area contributed by atoms with Crippen molar-refractivity contribution in [2.75, 3.05) is 0 Å². The number of carboxylic acids is 1. The lowest BCUT2D eigenvalue weighted by Crippen LogP contribution is -2.12. The molecule has 5 heteroatoms. The van der Waals surface area contributed by atoms with Crippen LogP contribution in [0.1, 0.15) is 55.0 Å². The first-order chi connectivity index (χ1) is 9.82. The van der Waals surface area contributed by atoms with Gasteiger partial charge in [-0.25, -0.2) is 9.48 Å². The summed E-state index contributed by atoms with van der Waals surface area (Å²) in [6, 6.07) is 8.33. The van der Waals surface area contributed by atoms with E-state index in [0.717, 1.165) is 5.56 Å². The molecule has 0 atom stereocenters. The van der Waals surface area contributed by atoms with Gasteiger partial charge in [-0.3, -0.25) is 0 Å². The molecule has 2 rings (SSSR count). The fraction of sp³-hybridized carbons (Fsp3) is 0.438. The van der Waals surface area contributed by atoms with Gasteiger partial charge in [0.05, 0.1) is 12.2 Å². The maximum Gasteiger partial charge on any atom is 0.358 e. The van der Waals surface area contributed by atoms with Gasteiger partial charge in [-0.2, -0.15) is 0 Å². The van der Waals surface area contributed by atoms with Gasteiger partial charge in [-0.05, 0) is 23.0 Å². The van der Waals surface area contributed by atoms with Crippen molar-refractivity contribution in [3.05, 3.63) is 46.8 Å². The highest BCUT2D eigenvalue weighted by Gasteiger charge is 2.18. The van der Waals surface area contributed by atoms with Gasteiger partial charge in [0.25, 0.3) is 0 Å². The monoisotopic (exact) mass is 287 g/mol. The van der Waals surface area contributed by atoms with Crippen molar-refractivity contribution in [2.24, 2.45) is 0 Å². The zero-order valence-electron chi connectivity index (χ0n) is 12.9. The molecule has 0 spiro atoms. The van der Waals surface area contributed by atoms with E-state index in [4.69, 9.17) is 5.11 Å². The number of aromatic nitrogens is 3. The molecule has 0 unspecified atom stereocenters. The van der Waals surface area contributed by atoms with Crippen molar-refractivity contribution < 1.29 is 9.90 Å². The minimum atomic E-state index is -1.03. The summed E-state index contributed by atoms with van der Waals surface area (Å²) in [6.07, 6.45) is 0.592. The van der Waals surface area contributed by atoms with E-state index >= 15 is 0 Å². The highest BCUT2D eigenvalue weighted by molar-refractivity contribution is 5.86. The van der Waals surface area contributed by atoms with Crippen LogP contribution in [0.15, 0.2) is 24.3 Å². The molecule has 0 aliphatic rings. The molecular weight excluding hydrogens is 266 g/mol. The number of carbonyl (C=O) groups is 1. The molecule has 1 N–H and O–H groups in total. The molecule has 1 aromatic heterocycles. The first kappa shape index (κ1) is 15.2. The summed E-state index contributed by atoms with van der Waals surface area (Å²) < 4.78 is 1.66. The predicted octanol–water partition coefficient (Wildman–Crippen LogP) is 2.88. The largest absolute Gasteiger partial charge is 0.476 e. The zero-order chi connectivity index (χ0) is 15.6. The first-order valence-corrected chi connectivity index (χ1v) is 7.08. The Morgan fingerprint density at radius 3 is 2.33 bits per heavy atom. The van der Waals surface area contributed by atoms with Crippen LogP contribution in [0, 0.1) is 0 Å². The van der Waals surface area contributed by atoms with Crippen LogP contribution in [0.25, 0.3) is 0 Å². The van der Waals surface area contributed by atoms with Gasteiger partial charge in [-0.15, -0.1) is 5.10 Å². The molecule has 112 valence electrons. The molecule has 1 aromatic carbocycles. The van der Waals surface area contributed by atoms with Gasteiger partial charge >= 0.3 is 5.97 Å². The van der Waals surface area contributed by atoms with E-state index in [2.05, 4.69) is 55.3 Å². The van der Waals surface area contributed by atoms with Gasteiger partial charge < -0.3 is 5.11 Å². The molecule has 0 saturated heterocycles. The zero-order valence-corrected chi connectivity index (χ0v) is 12.9.